The van der Waals surface area contributed by atoms with Crippen molar-refractivity contribution in [3.63, 3.8) is 0 Å². The number of ether oxygens (including phenoxy) is 1. The van der Waals surface area contributed by atoms with E-state index in [-0.39, 0.29) is 30.0 Å². The van der Waals surface area contributed by atoms with Gasteiger partial charge in [0.15, 0.2) is 11.0 Å². The fourth-order valence-electron chi connectivity index (χ4n) is 3.16. The quantitative estimate of drug-likeness (QED) is 0.483. The minimum absolute atomic E-state index is 0.114. The fraction of sp³-hybridized carbons (Fsp3) is 0.304. The summed E-state index contributed by atoms with van der Waals surface area (Å²) in [5.41, 5.74) is 2.74. The molecule has 0 fully saturated rings. The number of aryl methyl sites for hydroxylation is 1. The molecule has 1 heterocycles. The van der Waals surface area contributed by atoms with Gasteiger partial charge < -0.3 is 19.9 Å². The Morgan fingerprint density at radius 1 is 1.12 bits per heavy atom. The van der Waals surface area contributed by atoms with Gasteiger partial charge in [-0.1, -0.05) is 36.0 Å². The number of benzene rings is 2. The van der Waals surface area contributed by atoms with Crippen molar-refractivity contribution in [1.82, 2.24) is 20.1 Å². The lowest BCUT2D eigenvalue weighted by Crippen LogP contribution is -2.29. The molecule has 2 amide bonds. The van der Waals surface area contributed by atoms with Gasteiger partial charge >= 0.3 is 0 Å². The Bertz CT molecular complexity index is 1080. The van der Waals surface area contributed by atoms with Crippen molar-refractivity contribution in [2.24, 2.45) is 7.05 Å². The van der Waals surface area contributed by atoms with Gasteiger partial charge in [-0.25, -0.2) is 0 Å². The molecule has 2 N–H and O–H groups in total. The Balaban J connectivity index is 1.52. The summed E-state index contributed by atoms with van der Waals surface area (Å²) in [5.74, 6) is 1.34. The Morgan fingerprint density at radius 3 is 2.56 bits per heavy atom. The van der Waals surface area contributed by atoms with E-state index in [1.807, 2.05) is 69.4 Å². The molecule has 0 aliphatic rings. The lowest BCUT2D eigenvalue weighted by molar-refractivity contribution is -0.121. The van der Waals surface area contributed by atoms with Gasteiger partial charge in [0.2, 0.25) is 11.8 Å². The Kier molecular flexibility index (Phi) is 7.88. The zero-order valence-electron chi connectivity index (χ0n) is 18.6. The summed E-state index contributed by atoms with van der Waals surface area (Å²) in [7, 11) is 3.43. The van der Waals surface area contributed by atoms with E-state index in [9.17, 15) is 9.59 Å². The van der Waals surface area contributed by atoms with Crippen molar-refractivity contribution in [2.75, 3.05) is 18.2 Å². The molecule has 0 bridgehead atoms. The van der Waals surface area contributed by atoms with Gasteiger partial charge in [0.05, 0.1) is 25.3 Å². The maximum absolute atomic E-state index is 12.4. The smallest absolute Gasteiger partial charge is 0.234 e. The van der Waals surface area contributed by atoms with Gasteiger partial charge in [-0.2, -0.15) is 0 Å². The van der Waals surface area contributed by atoms with E-state index in [0.717, 1.165) is 22.6 Å². The summed E-state index contributed by atoms with van der Waals surface area (Å²) in [4.78, 5) is 24.7. The Labute approximate surface area is 191 Å². The van der Waals surface area contributed by atoms with Crippen molar-refractivity contribution in [1.29, 1.82) is 0 Å². The van der Waals surface area contributed by atoms with E-state index in [4.69, 9.17) is 4.74 Å². The van der Waals surface area contributed by atoms with Crippen molar-refractivity contribution < 1.29 is 14.3 Å². The van der Waals surface area contributed by atoms with Crippen LogP contribution < -0.4 is 15.4 Å². The number of nitrogens with one attached hydrogen (secondary N) is 2. The molecule has 3 aromatic rings. The topological polar surface area (TPSA) is 98.1 Å². The molecular formula is C23H27N5O3S. The molecule has 32 heavy (non-hydrogen) atoms. The molecule has 3 rings (SSSR count). The van der Waals surface area contributed by atoms with E-state index in [2.05, 4.69) is 20.8 Å². The number of carbonyl (C=O) groups excluding carboxylic acids is 2. The third kappa shape index (κ3) is 6.34. The molecule has 1 aromatic heterocycles. The average Bonchev–Trinajstić information content (AvgIpc) is 3.13. The number of methoxy groups -OCH3 is 1. The zero-order chi connectivity index (χ0) is 23.1. The van der Waals surface area contributed by atoms with Crippen molar-refractivity contribution in [2.45, 2.75) is 31.5 Å². The number of nitrogens with zero attached hydrogens (tertiary/aromatic N) is 3. The number of amides is 2. The standard InChI is InChI=1S/C23H27N5O3S/c1-15-6-5-7-18(12-15)25-21(30)14-32-23-27-26-22(28(23)3)16(2)24-20(29)13-17-8-10-19(31-4)11-9-17/h5-12,16H,13-14H2,1-4H3,(H,24,29)(H,25,30)/t16-/m0/s1. The lowest BCUT2D eigenvalue weighted by atomic mass is 10.1. The molecule has 168 valence electrons. The molecule has 0 unspecified atom stereocenters. The molecule has 0 spiro atoms. The number of carbonyl (C=O) groups is 2. The number of aromatic nitrogens is 3. The molecular weight excluding hydrogens is 426 g/mol. The number of rotatable bonds is 9. The monoisotopic (exact) mass is 453 g/mol. The first-order valence-corrected chi connectivity index (χ1v) is 11.1. The van der Waals surface area contributed by atoms with Crippen LogP contribution >= 0.6 is 11.8 Å². The SMILES string of the molecule is COc1ccc(CC(=O)N[C@@H](C)c2nnc(SCC(=O)Nc3cccc(C)c3)n2C)cc1. The molecule has 0 saturated carbocycles. The normalized spacial score (nSPS) is 11.6. The van der Waals surface area contributed by atoms with Gasteiger partial charge in [-0.05, 0) is 49.2 Å². The molecule has 9 heteroatoms. The van der Waals surface area contributed by atoms with Crippen LogP contribution in [0.15, 0.2) is 53.7 Å². The first-order chi connectivity index (χ1) is 15.4. The molecule has 8 nitrogen and oxygen atoms in total. The zero-order valence-corrected chi connectivity index (χ0v) is 19.4. The number of anilines is 1. The first-order valence-electron chi connectivity index (χ1n) is 10.2. The summed E-state index contributed by atoms with van der Waals surface area (Å²) in [5, 5.41) is 14.8. The fourth-order valence-corrected chi connectivity index (χ4v) is 3.88. The van der Waals surface area contributed by atoms with Crippen LogP contribution in [0.25, 0.3) is 0 Å². The summed E-state index contributed by atoms with van der Waals surface area (Å²) in [6, 6.07) is 14.7. The largest absolute Gasteiger partial charge is 0.497 e. The van der Waals surface area contributed by atoms with Gasteiger partial charge in [0.25, 0.3) is 0 Å². The highest BCUT2D eigenvalue weighted by Gasteiger charge is 2.18. The minimum atomic E-state index is -0.325. The minimum Gasteiger partial charge on any atom is -0.497 e. The molecule has 0 aliphatic carbocycles. The molecule has 0 saturated heterocycles. The lowest BCUT2D eigenvalue weighted by Gasteiger charge is -2.14. The van der Waals surface area contributed by atoms with Crippen LogP contribution in [-0.4, -0.2) is 39.4 Å². The van der Waals surface area contributed by atoms with Gasteiger partial charge in [-0.15, -0.1) is 10.2 Å². The molecule has 0 aliphatic heterocycles. The van der Waals surface area contributed by atoms with Crippen molar-refractivity contribution in [3.8, 4) is 5.75 Å². The van der Waals surface area contributed by atoms with Gasteiger partial charge in [-0.3, -0.25) is 9.59 Å². The maximum atomic E-state index is 12.4. The summed E-state index contributed by atoms with van der Waals surface area (Å²) >= 11 is 1.29. The van der Waals surface area contributed by atoms with Gasteiger partial charge in [0.1, 0.15) is 5.75 Å². The van der Waals surface area contributed by atoms with E-state index < -0.39 is 0 Å². The highest BCUT2D eigenvalue weighted by Crippen LogP contribution is 2.20. The number of thioether (sulfide) groups is 1. The van der Waals surface area contributed by atoms with Gasteiger partial charge in [0, 0.05) is 12.7 Å². The number of hydrogen-bond donors (Lipinski definition) is 2. The number of hydrogen-bond acceptors (Lipinski definition) is 6. The van der Waals surface area contributed by atoms with Crippen LogP contribution in [0.3, 0.4) is 0 Å². The molecule has 0 radical (unpaired) electrons. The summed E-state index contributed by atoms with van der Waals surface area (Å²) < 4.78 is 6.93. The van der Waals surface area contributed by atoms with Crippen LogP contribution in [0, 0.1) is 6.92 Å². The highest BCUT2D eigenvalue weighted by molar-refractivity contribution is 7.99. The molecule has 2 aromatic carbocycles. The second kappa shape index (κ2) is 10.8. The van der Waals surface area contributed by atoms with Crippen LogP contribution in [0.5, 0.6) is 5.75 Å². The van der Waals surface area contributed by atoms with E-state index in [0.29, 0.717) is 11.0 Å². The maximum Gasteiger partial charge on any atom is 0.234 e. The first kappa shape index (κ1) is 23.3. The van der Waals surface area contributed by atoms with E-state index >= 15 is 0 Å². The summed E-state index contributed by atoms with van der Waals surface area (Å²) in [6.07, 6.45) is 0.257. The second-order valence-corrected chi connectivity index (χ2v) is 8.36. The second-order valence-electron chi connectivity index (χ2n) is 7.42. The van der Waals surface area contributed by atoms with Crippen LogP contribution in [0.4, 0.5) is 5.69 Å². The van der Waals surface area contributed by atoms with Crippen LogP contribution in [0.1, 0.15) is 29.9 Å². The third-order valence-corrected chi connectivity index (χ3v) is 5.81. The third-order valence-electron chi connectivity index (χ3n) is 4.79. The van der Waals surface area contributed by atoms with Crippen LogP contribution in [-0.2, 0) is 23.1 Å². The van der Waals surface area contributed by atoms with E-state index in [1.165, 1.54) is 11.8 Å². The van der Waals surface area contributed by atoms with Crippen LogP contribution in [0.2, 0.25) is 0 Å². The predicted molar refractivity (Wildman–Crippen MR) is 125 cm³/mol. The Morgan fingerprint density at radius 2 is 1.88 bits per heavy atom. The van der Waals surface area contributed by atoms with Crippen molar-refractivity contribution >= 4 is 29.3 Å². The van der Waals surface area contributed by atoms with E-state index in [1.54, 1.807) is 11.7 Å². The van der Waals surface area contributed by atoms with Crippen molar-refractivity contribution in [3.05, 3.63) is 65.5 Å². The molecule has 1 atom stereocenters. The highest BCUT2D eigenvalue weighted by atomic mass is 32.2. The predicted octanol–water partition coefficient (Wildman–Crippen LogP) is 3.28. The Hall–Kier alpha value is -3.33. The average molecular weight is 454 g/mol. The summed E-state index contributed by atoms with van der Waals surface area (Å²) in [6.45, 7) is 3.83.